The number of carboxylic acids is 1. The maximum absolute atomic E-state index is 10.9. The van der Waals surface area contributed by atoms with Gasteiger partial charge in [-0.05, 0) is 51.0 Å². The molecule has 0 aliphatic carbocycles. The minimum atomic E-state index is -0.804. The van der Waals surface area contributed by atoms with Crippen LogP contribution in [0.15, 0.2) is 40.9 Å². The standard InChI is InChI=1S/C25H26N4O5.ClH/c1-15(2)33-21-10-9-16(13-17(21)14-26)25-28-24(29-34-25)19-6-3-5-18-20(7-4-8-22(30)31)27-11-12-32-23(18)19;/h3,5-6,9-10,13,15,20,27H,4,7-8,11-12H2,1-2H3,(H,30,31);1H. The summed E-state index contributed by atoms with van der Waals surface area (Å²) in [4.78, 5) is 15.5. The second-order valence-corrected chi connectivity index (χ2v) is 8.28. The fourth-order valence-electron chi connectivity index (χ4n) is 3.93. The van der Waals surface area contributed by atoms with E-state index in [2.05, 4.69) is 21.5 Å². The number of aliphatic carboxylic acids is 1. The number of halogens is 1. The van der Waals surface area contributed by atoms with Crippen LogP contribution in [0.25, 0.3) is 22.8 Å². The first-order valence-electron chi connectivity index (χ1n) is 11.2. The number of nitrogens with one attached hydrogen (secondary N) is 1. The molecule has 0 bridgehead atoms. The maximum Gasteiger partial charge on any atom is 0.303 e. The lowest BCUT2D eigenvalue weighted by atomic mass is 9.97. The Morgan fingerprint density at radius 3 is 2.91 bits per heavy atom. The van der Waals surface area contributed by atoms with Gasteiger partial charge in [0, 0.05) is 30.1 Å². The molecule has 2 aromatic carbocycles. The largest absolute Gasteiger partial charge is 0.491 e. The first-order chi connectivity index (χ1) is 16.5. The summed E-state index contributed by atoms with van der Waals surface area (Å²) in [6.45, 7) is 4.91. The molecule has 0 spiro atoms. The van der Waals surface area contributed by atoms with Crippen molar-refractivity contribution in [3.63, 3.8) is 0 Å². The van der Waals surface area contributed by atoms with Crippen LogP contribution in [-0.4, -0.2) is 40.5 Å². The third kappa shape index (κ3) is 6.10. The van der Waals surface area contributed by atoms with Gasteiger partial charge in [-0.15, -0.1) is 12.4 Å². The van der Waals surface area contributed by atoms with Crippen molar-refractivity contribution in [1.29, 1.82) is 5.26 Å². The van der Waals surface area contributed by atoms with Gasteiger partial charge in [-0.25, -0.2) is 0 Å². The lowest BCUT2D eigenvalue weighted by Crippen LogP contribution is -2.23. The van der Waals surface area contributed by atoms with Crippen LogP contribution in [0.3, 0.4) is 0 Å². The van der Waals surface area contributed by atoms with Gasteiger partial charge in [0.25, 0.3) is 5.89 Å². The summed E-state index contributed by atoms with van der Waals surface area (Å²) >= 11 is 0. The molecule has 2 N–H and O–H groups in total. The number of carboxylic acid groups (broad SMARTS) is 1. The van der Waals surface area contributed by atoms with Gasteiger partial charge >= 0.3 is 5.97 Å². The number of nitrogens with zero attached hydrogens (tertiary/aromatic N) is 3. The van der Waals surface area contributed by atoms with Gasteiger partial charge in [-0.3, -0.25) is 4.79 Å². The number of fused-ring (bicyclic) bond motifs is 1. The van der Waals surface area contributed by atoms with E-state index in [1.165, 1.54) is 0 Å². The van der Waals surface area contributed by atoms with E-state index >= 15 is 0 Å². The van der Waals surface area contributed by atoms with Crippen LogP contribution in [-0.2, 0) is 4.79 Å². The Morgan fingerprint density at radius 1 is 1.34 bits per heavy atom. The number of carbonyl (C=O) groups is 1. The number of aromatic nitrogens is 2. The minimum absolute atomic E-state index is 0. The molecular weight excluding hydrogens is 472 g/mol. The molecule has 0 radical (unpaired) electrons. The zero-order valence-corrected chi connectivity index (χ0v) is 20.3. The molecule has 10 heteroatoms. The normalized spacial score (nSPS) is 14.7. The predicted octanol–water partition coefficient (Wildman–Crippen LogP) is 4.76. The summed E-state index contributed by atoms with van der Waals surface area (Å²) in [5, 5.41) is 26.1. The van der Waals surface area contributed by atoms with Gasteiger partial charge in [0.2, 0.25) is 5.82 Å². The number of benzene rings is 2. The van der Waals surface area contributed by atoms with Gasteiger partial charge in [0.15, 0.2) is 0 Å². The monoisotopic (exact) mass is 498 g/mol. The Balaban J connectivity index is 0.00000342. The van der Waals surface area contributed by atoms with E-state index in [0.717, 1.165) is 5.56 Å². The van der Waals surface area contributed by atoms with Crippen molar-refractivity contribution in [3.05, 3.63) is 47.5 Å². The van der Waals surface area contributed by atoms with Crippen molar-refractivity contribution in [3.8, 4) is 40.4 Å². The van der Waals surface area contributed by atoms with Gasteiger partial charge in [0.05, 0.1) is 17.2 Å². The quantitative estimate of drug-likeness (QED) is 0.451. The Labute approximate surface area is 209 Å². The molecular formula is C25H27ClN4O5. The molecule has 0 amide bonds. The molecule has 35 heavy (non-hydrogen) atoms. The fourth-order valence-corrected chi connectivity index (χ4v) is 3.93. The molecule has 184 valence electrons. The third-order valence-corrected chi connectivity index (χ3v) is 5.42. The van der Waals surface area contributed by atoms with E-state index < -0.39 is 5.97 Å². The highest BCUT2D eigenvalue weighted by Crippen LogP contribution is 2.38. The Bertz CT molecular complexity index is 1220. The zero-order chi connectivity index (χ0) is 24.1. The molecule has 1 unspecified atom stereocenters. The van der Waals surface area contributed by atoms with Gasteiger partial charge in [-0.1, -0.05) is 17.3 Å². The second kappa shape index (κ2) is 11.7. The lowest BCUT2D eigenvalue weighted by molar-refractivity contribution is -0.137. The fraction of sp³-hybridized carbons (Fsp3) is 0.360. The predicted molar refractivity (Wildman–Crippen MR) is 131 cm³/mol. The molecule has 4 rings (SSSR count). The van der Waals surface area contributed by atoms with Crippen LogP contribution in [0.1, 0.15) is 50.3 Å². The van der Waals surface area contributed by atoms with Crippen molar-refractivity contribution < 1.29 is 23.9 Å². The number of ether oxygens (including phenoxy) is 2. The average Bonchev–Trinajstić information content (AvgIpc) is 3.21. The molecule has 3 aromatic rings. The third-order valence-electron chi connectivity index (χ3n) is 5.42. The van der Waals surface area contributed by atoms with Crippen LogP contribution in [0.5, 0.6) is 11.5 Å². The molecule has 9 nitrogen and oxygen atoms in total. The Morgan fingerprint density at radius 2 is 2.17 bits per heavy atom. The molecule has 1 atom stereocenters. The number of nitriles is 1. The van der Waals surface area contributed by atoms with Gasteiger partial charge < -0.3 is 24.4 Å². The zero-order valence-electron chi connectivity index (χ0n) is 19.5. The molecule has 0 saturated heterocycles. The number of rotatable bonds is 8. The number of hydrogen-bond acceptors (Lipinski definition) is 8. The lowest BCUT2D eigenvalue weighted by Gasteiger charge is -2.18. The van der Waals surface area contributed by atoms with E-state index in [9.17, 15) is 10.1 Å². The minimum Gasteiger partial charge on any atom is -0.491 e. The van der Waals surface area contributed by atoms with Crippen LogP contribution in [0.4, 0.5) is 0 Å². The summed E-state index contributed by atoms with van der Waals surface area (Å²) in [7, 11) is 0. The Kier molecular flexibility index (Phi) is 8.68. The highest BCUT2D eigenvalue weighted by Gasteiger charge is 2.24. The molecule has 1 aliphatic heterocycles. The number of hydrogen-bond donors (Lipinski definition) is 2. The van der Waals surface area contributed by atoms with Crippen molar-refractivity contribution in [2.75, 3.05) is 13.2 Å². The molecule has 1 aromatic heterocycles. The van der Waals surface area contributed by atoms with Crippen molar-refractivity contribution in [2.24, 2.45) is 0 Å². The summed E-state index contributed by atoms with van der Waals surface area (Å²) < 4.78 is 17.2. The summed E-state index contributed by atoms with van der Waals surface area (Å²) in [5.41, 5.74) is 2.63. The maximum atomic E-state index is 10.9. The van der Waals surface area contributed by atoms with Crippen LogP contribution < -0.4 is 14.8 Å². The van der Waals surface area contributed by atoms with Gasteiger partial charge in [0.1, 0.15) is 24.2 Å². The topological polar surface area (TPSA) is 130 Å². The molecule has 0 fully saturated rings. The first kappa shape index (κ1) is 26.0. The smallest absolute Gasteiger partial charge is 0.303 e. The SMILES string of the molecule is CC(C)Oc1ccc(-c2nc(-c3cccc4c3OCCNC4CCCC(=O)O)no2)cc1C#N.Cl. The summed E-state index contributed by atoms with van der Waals surface area (Å²) in [6.07, 6.45) is 1.30. The first-order valence-corrected chi connectivity index (χ1v) is 11.2. The molecule has 2 heterocycles. The van der Waals surface area contributed by atoms with E-state index in [0.29, 0.717) is 60.0 Å². The van der Waals surface area contributed by atoms with Crippen LogP contribution in [0.2, 0.25) is 0 Å². The van der Waals surface area contributed by atoms with Crippen LogP contribution >= 0.6 is 12.4 Å². The van der Waals surface area contributed by atoms with Crippen molar-refractivity contribution in [1.82, 2.24) is 15.5 Å². The molecule has 0 saturated carbocycles. The summed E-state index contributed by atoms with van der Waals surface area (Å²) in [6, 6.07) is 13.0. The van der Waals surface area contributed by atoms with E-state index in [-0.39, 0.29) is 36.9 Å². The van der Waals surface area contributed by atoms with E-state index in [1.54, 1.807) is 18.2 Å². The Hall–Kier alpha value is -3.61. The van der Waals surface area contributed by atoms with E-state index in [4.69, 9.17) is 19.1 Å². The average molecular weight is 499 g/mol. The number of para-hydroxylation sites is 1. The van der Waals surface area contributed by atoms with Crippen LogP contribution in [0, 0.1) is 11.3 Å². The van der Waals surface area contributed by atoms with E-state index in [1.807, 2.05) is 32.0 Å². The second-order valence-electron chi connectivity index (χ2n) is 8.28. The van der Waals surface area contributed by atoms with Crippen molar-refractivity contribution >= 4 is 18.4 Å². The highest BCUT2D eigenvalue weighted by atomic mass is 35.5. The molecule has 1 aliphatic rings. The summed E-state index contributed by atoms with van der Waals surface area (Å²) in [5.74, 6) is 1.02. The van der Waals surface area contributed by atoms with Gasteiger partial charge in [-0.2, -0.15) is 10.2 Å². The van der Waals surface area contributed by atoms with Crippen molar-refractivity contribution in [2.45, 2.75) is 45.3 Å². The highest BCUT2D eigenvalue weighted by molar-refractivity contribution is 5.85.